The number of Topliss-reactive ketones (excluding diaryl/α,β-unsaturated/α-hetero) is 1. The molecule has 2 aromatic rings. The molecule has 0 bridgehead atoms. The third-order valence-corrected chi connectivity index (χ3v) is 4.84. The van der Waals surface area contributed by atoms with Crippen molar-refractivity contribution in [3.05, 3.63) is 68.0 Å². The molecule has 3 rings (SSSR count). The number of carbonyl (C=O) groups excluding carboxylic acids is 2. The van der Waals surface area contributed by atoms with Gasteiger partial charge in [-0.25, -0.2) is 4.79 Å². The summed E-state index contributed by atoms with van der Waals surface area (Å²) in [7, 11) is 0. The number of ketones is 1. The van der Waals surface area contributed by atoms with Crippen LogP contribution >= 0.6 is 0 Å². The van der Waals surface area contributed by atoms with Crippen molar-refractivity contribution in [1.82, 2.24) is 14.9 Å². The summed E-state index contributed by atoms with van der Waals surface area (Å²) < 4.78 is 1.50. The number of nitrogens with zero attached hydrogens (tertiary/aromatic N) is 1. The molecule has 2 N–H and O–H groups in total. The Balaban J connectivity index is 1.53. The Bertz CT molecular complexity index is 944. The Hall–Kier alpha value is -2.96. The normalized spacial score (nSPS) is 13.0. The summed E-state index contributed by atoms with van der Waals surface area (Å²) in [4.78, 5) is 50.5. The van der Waals surface area contributed by atoms with Gasteiger partial charge < -0.3 is 5.32 Å². The van der Waals surface area contributed by atoms with Crippen LogP contribution in [0.25, 0.3) is 0 Å². The lowest BCUT2D eigenvalue weighted by Crippen LogP contribution is -2.38. The van der Waals surface area contributed by atoms with Gasteiger partial charge in [0.25, 0.3) is 5.56 Å². The number of nitrogens with one attached hydrogen (secondary N) is 2. The molecular formula is C20H23N3O4. The molecule has 0 spiro atoms. The van der Waals surface area contributed by atoms with Crippen LogP contribution < -0.4 is 16.6 Å². The summed E-state index contributed by atoms with van der Waals surface area (Å²) >= 11 is 0. The lowest BCUT2D eigenvalue weighted by atomic mass is 9.97. The molecule has 0 aliphatic heterocycles. The van der Waals surface area contributed by atoms with Gasteiger partial charge in [-0.15, -0.1) is 0 Å². The second kappa shape index (κ2) is 8.62. The zero-order chi connectivity index (χ0) is 19.2. The molecule has 7 nitrogen and oxygen atoms in total. The smallest absolute Gasteiger partial charge is 0.328 e. The molecule has 1 amide bonds. The Labute approximate surface area is 156 Å². The first kappa shape index (κ1) is 18.8. The van der Waals surface area contributed by atoms with Crippen LogP contribution in [0.3, 0.4) is 0 Å². The van der Waals surface area contributed by atoms with Crippen LogP contribution in [0.15, 0.2) is 39.9 Å². The van der Waals surface area contributed by atoms with Crippen molar-refractivity contribution in [3.8, 4) is 0 Å². The third kappa shape index (κ3) is 4.61. The van der Waals surface area contributed by atoms with E-state index in [1.54, 1.807) is 24.3 Å². The molecule has 1 aromatic heterocycles. The maximum absolute atomic E-state index is 12.1. The fourth-order valence-corrected chi connectivity index (χ4v) is 3.42. The van der Waals surface area contributed by atoms with E-state index in [2.05, 4.69) is 10.3 Å². The van der Waals surface area contributed by atoms with Crippen molar-refractivity contribution in [2.45, 2.75) is 45.1 Å². The number of hydrogen-bond acceptors (Lipinski definition) is 4. The van der Waals surface area contributed by atoms with Crippen molar-refractivity contribution < 1.29 is 9.59 Å². The molecule has 1 aromatic carbocycles. The van der Waals surface area contributed by atoms with Crippen LogP contribution in [0.1, 0.15) is 47.3 Å². The van der Waals surface area contributed by atoms with Gasteiger partial charge in [-0.05, 0) is 25.7 Å². The summed E-state index contributed by atoms with van der Waals surface area (Å²) in [5.41, 5.74) is 1.26. The van der Waals surface area contributed by atoms with E-state index in [1.165, 1.54) is 4.57 Å². The van der Waals surface area contributed by atoms with Crippen molar-refractivity contribution in [3.63, 3.8) is 0 Å². The van der Waals surface area contributed by atoms with Gasteiger partial charge in [0.2, 0.25) is 5.91 Å². The molecule has 0 fully saturated rings. The van der Waals surface area contributed by atoms with E-state index >= 15 is 0 Å². The first-order valence-electron chi connectivity index (χ1n) is 9.26. The number of benzene rings is 1. The maximum Gasteiger partial charge on any atom is 0.328 e. The van der Waals surface area contributed by atoms with E-state index in [1.807, 2.05) is 6.07 Å². The molecule has 142 valence electrons. The van der Waals surface area contributed by atoms with Crippen molar-refractivity contribution >= 4 is 11.7 Å². The highest BCUT2D eigenvalue weighted by Gasteiger charge is 2.18. The Morgan fingerprint density at radius 2 is 1.78 bits per heavy atom. The second-order valence-corrected chi connectivity index (χ2v) is 6.68. The molecule has 0 saturated carbocycles. The minimum absolute atomic E-state index is 0.0261. The summed E-state index contributed by atoms with van der Waals surface area (Å²) in [6, 6.07) is 8.94. The number of aromatic nitrogens is 2. The predicted molar refractivity (Wildman–Crippen MR) is 101 cm³/mol. The monoisotopic (exact) mass is 369 g/mol. The van der Waals surface area contributed by atoms with E-state index in [-0.39, 0.29) is 43.2 Å². The molecule has 0 atom stereocenters. The standard InChI is InChI=1S/C20H23N3O4/c24-17(14-6-2-1-3-7-14)10-12-21-18(25)11-13-23-16-9-5-4-8-15(16)19(26)22-20(23)27/h1-3,6-7H,4-5,8-13H2,(H,21,25)(H,22,26,27). The van der Waals surface area contributed by atoms with Gasteiger partial charge in [0.15, 0.2) is 5.78 Å². The van der Waals surface area contributed by atoms with E-state index in [4.69, 9.17) is 0 Å². The summed E-state index contributed by atoms with van der Waals surface area (Å²) in [5.74, 6) is -0.250. The molecule has 7 heteroatoms. The lowest BCUT2D eigenvalue weighted by Gasteiger charge is -2.19. The highest BCUT2D eigenvalue weighted by atomic mass is 16.2. The van der Waals surface area contributed by atoms with Gasteiger partial charge >= 0.3 is 5.69 Å². The summed E-state index contributed by atoms with van der Waals surface area (Å²) in [6.45, 7) is 0.474. The highest BCUT2D eigenvalue weighted by molar-refractivity contribution is 5.96. The zero-order valence-corrected chi connectivity index (χ0v) is 15.1. The average molecular weight is 369 g/mol. The number of aromatic amines is 1. The van der Waals surface area contributed by atoms with Gasteiger partial charge in [0.1, 0.15) is 0 Å². The SMILES string of the molecule is O=C(CCn1c2c(c(=O)[nH]c1=O)CCCC2)NCCC(=O)c1ccccc1. The topological polar surface area (TPSA) is 101 Å². The Kier molecular flexibility index (Phi) is 6.01. The molecule has 1 aliphatic carbocycles. The number of H-pyrrole nitrogens is 1. The molecular weight excluding hydrogens is 346 g/mol. The van der Waals surface area contributed by atoms with Crippen molar-refractivity contribution in [2.75, 3.05) is 6.54 Å². The fraction of sp³-hybridized carbons (Fsp3) is 0.400. The van der Waals surface area contributed by atoms with Crippen LogP contribution in [0, 0.1) is 0 Å². The second-order valence-electron chi connectivity index (χ2n) is 6.68. The van der Waals surface area contributed by atoms with Gasteiger partial charge in [-0.3, -0.25) is 23.9 Å². The molecule has 0 unspecified atom stereocenters. The first-order chi connectivity index (χ1) is 13.1. The van der Waals surface area contributed by atoms with Gasteiger partial charge in [0, 0.05) is 42.8 Å². The van der Waals surface area contributed by atoms with Gasteiger partial charge in [0.05, 0.1) is 0 Å². The van der Waals surface area contributed by atoms with Crippen molar-refractivity contribution in [2.24, 2.45) is 0 Å². The van der Waals surface area contributed by atoms with Crippen molar-refractivity contribution in [1.29, 1.82) is 0 Å². The minimum atomic E-state index is -0.465. The molecule has 0 saturated heterocycles. The maximum atomic E-state index is 12.1. The molecule has 1 aliphatic rings. The van der Waals surface area contributed by atoms with E-state index < -0.39 is 5.69 Å². The third-order valence-electron chi connectivity index (χ3n) is 4.84. The zero-order valence-electron chi connectivity index (χ0n) is 15.1. The van der Waals surface area contributed by atoms with E-state index in [0.717, 1.165) is 18.5 Å². The molecule has 1 heterocycles. The predicted octanol–water partition coefficient (Wildman–Crippen LogP) is 1.19. The first-order valence-corrected chi connectivity index (χ1v) is 9.26. The number of hydrogen-bond donors (Lipinski definition) is 2. The lowest BCUT2D eigenvalue weighted by molar-refractivity contribution is -0.121. The number of fused-ring (bicyclic) bond motifs is 1. The largest absolute Gasteiger partial charge is 0.356 e. The fourth-order valence-electron chi connectivity index (χ4n) is 3.42. The Morgan fingerprint density at radius 3 is 2.56 bits per heavy atom. The van der Waals surface area contributed by atoms with Crippen LogP contribution in [-0.4, -0.2) is 27.8 Å². The van der Waals surface area contributed by atoms with Crippen LogP contribution in [0.2, 0.25) is 0 Å². The van der Waals surface area contributed by atoms with E-state index in [9.17, 15) is 19.2 Å². The van der Waals surface area contributed by atoms with Crippen LogP contribution in [0.5, 0.6) is 0 Å². The van der Waals surface area contributed by atoms with Crippen LogP contribution in [0.4, 0.5) is 0 Å². The average Bonchev–Trinajstić information content (AvgIpc) is 2.68. The Morgan fingerprint density at radius 1 is 1.04 bits per heavy atom. The minimum Gasteiger partial charge on any atom is -0.356 e. The quantitative estimate of drug-likeness (QED) is 0.716. The summed E-state index contributed by atoms with van der Waals surface area (Å²) in [5, 5.41) is 2.72. The summed E-state index contributed by atoms with van der Waals surface area (Å²) in [6.07, 6.45) is 3.57. The number of carbonyl (C=O) groups is 2. The number of rotatable bonds is 7. The number of amides is 1. The van der Waals surface area contributed by atoms with Crippen LogP contribution in [-0.2, 0) is 24.2 Å². The van der Waals surface area contributed by atoms with E-state index in [0.29, 0.717) is 24.0 Å². The molecule has 0 radical (unpaired) electrons. The highest BCUT2D eigenvalue weighted by Crippen LogP contribution is 2.16. The van der Waals surface area contributed by atoms with Gasteiger partial charge in [-0.1, -0.05) is 30.3 Å². The van der Waals surface area contributed by atoms with Gasteiger partial charge in [-0.2, -0.15) is 0 Å². The molecule has 27 heavy (non-hydrogen) atoms.